The highest BCUT2D eigenvalue weighted by molar-refractivity contribution is 6.16. The highest BCUT2D eigenvalue weighted by atomic mass is 35.5. The Balaban J connectivity index is 2.31. The van der Waals surface area contributed by atoms with E-state index in [1.807, 2.05) is 6.07 Å². The van der Waals surface area contributed by atoms with Crippen LogP contribution in [0.3, 0.4) is 0 Å². The number of halogens is 1. The molecule has 0 saturated carbocycles. The average Bonchev–Trinajstić information content (AvgIpc) is 2.53. The summed E-state index contributed by atoms with van der Waals surface area (Å²) in [5.41, 5.74) is 6.06. The van der Waals surface area contributed by atoms with Gasteiger partial charge in [0.25, 0.3) is 0 Å². The largest absolute Gasteiger partial charge is 0.360 e. The molecule has 0 bridgehead atoms. The van der Waals surface area contributed by atoms with Crippen LogP contribution in [0, 0.1) is 0 Å². The summed E-state index contributed by atoms with van der Waals surface area (Å²) in [6.07, 6.45) is 0. The molecule has 1 aromatic rings. The van der Waals surface area contributed by atoms with Crippen molar-refractivity contribution in [1.82, 2.24) is 10.5 Å². The maximum atomic E-state index is 5.54. The van der Waals surface area contributed by atoms with Gasteiger partial charge in [0.1, 0.15) is 0 Å². The number of aromatic nitrogens is 1. The minimum absolute atomic E-state index is 0.389. The van der Waals surface area contributed by atoms with Gasteiger partial charge in [-0.15, -0.1) is 11.6 Å². The Morgan fingerprint density at radius 2 is 2.50 bits per heavy atom. The first-order valence-corrected chi connectivity index (χ1v) is 4.31. The van der Waals surface area contributed by atoms with E-state index in [1.165, 1.54) is 0 Å². The fourth-order valence-corrected chi connectivity index (χ4v) is 0.942. The molecule has 0 amide bonds. The van der Waals surface area contributed by atoms with Crippen LogP contribution in [-0.2, 0) is 12.4 Å². The fraction of sp³-hybridized carbons (Fsp3) is 0.571. The first kappa shape index (κ1) is 9.51. The van der Waals surface area contributed by atoms with E-state index in [2.05, 4.69) is 10.5 Å². The fourth-order valence-electron chi connectivity index (χ4n) is 0.816. The van der Waals surface area contributed by atoms with Crippen molar-refractivity contribution in [2.45, 2.75) is 12.4 Å². The van der Waals surface area contributed by atoms with E-state index in [-0.39, 0.29) is 0 Å². The summed E-state index contributed by atoms with van der Waals surface area (Å²) >= 11 is 5.54. The third kappa shape index (κ3) is 2.81. The molecule has 0 aromatic carbocycles. The Kier molecular flexibility index (Phi) is 4.07. The van der Waals surface area contributed by atoms with E-state index in [1.54, 1.807) is 0 Å². The van der Waals surface area contributed by atoms with Crippen LogP contribution in [-0.4, -0.2) is 18.2 Å². The number of alkyl halides is 1. The average molecular weight is 190 g/mol. The van der Waals surface area contributed by atoms with Gasteiger partial charge in [0.05, 0.1) is 18.1 Å². The molecule has 1 heterocycles. The van der Waals surface area contributed by atoms with Gasteiger partial charge in [-0.25, -0.2) is 0 Å². The molecular weight excluding hydrogens is 178 g/mol. The van der Waals surface area contributed by atoms with E-state index >= 15 is 0 Å². The van der Waals surface area contributed by atoms with Gasteiger partial charge >= 0.3 is 0 Å². The molecular formula is C7H12ClN3O. The second-order valence-corrected chi connectivity index (χ2v) is 2.65. The predicted molar refractivity (Wildman–Crippen MR) is 46.8 cm³/mol. The molecule has 0 atom stereocenters. The molecule has 1 rings (SSSR count). The SMILES string of the molecule is NCCNCc1cc(CCl)no1. The van der Waals surface area contributed by atoms with Gasteiger partial charge in [0.2, 0.25) is 0 Å². The van der Waals surface area contributed by atoms with Crippen molar-refractivity contribution in [1.29, 1.82) is 0 Å². The van der Waals surface area contributed by atoms with Gasteiger partial charge < -0.3 is 15.6 Å². The van der Waals surface area contributed by atoms with E-state index < -0.39 is 0 Å². The first-order chi connectivity index (χ1) is 5.86. The topological polar surface area (TPSA) is 64.1 Å². The van der Waals surface area contributed by atoms with Gasteiger partial charge in [0.15, 0.2) is 5.76 Å². The lowest BCUT2D eigenvalue weighted by molar-refractivity contribution is 0.370. The number of nitrogens with zero attached hydrogens (tertiary/aromatic N) is 1. The molecule has 0 spiro atoms. The Bertz CT molecular complexity index is 226. The minimum Gasteiger partial charge on any atom is -0.360 e. The molecule has 0 aliphatic rings. The van der Waals surface area contributed by atoms with Gasteiger partial charge in [-0.2, -0.15) is 0 Å². The lowest BCUT2D eigenvalue weighted by Gasteiger charge is -1.96. The number of hydrogen-bond acceptors (Lipinski definition) is 4. The van der Waals surface area contributed by atoms with Crippen LogP contribution in [0.4, 0.5) is 0 Å². The summed E-state index contributed by atoms with van der Waals surface area (Å²) in [5, 5.41) is 6.82. The molecule has 0 fully saturated rings. The molecule has 0 aliphatic heterocycles. The Morgan fingerprint density at radius 3 is 3.08 bits per heavy atom. The minimum atomic E-state index is 0.389. The van der Waals surface area contributed by atoms with Crippen molar-refractivity contribution in [3.63, 3.8) is 0 Å². The van der Waals surface area contributed by atoms with Gasteiger partial charge in [-0.05, 0) is 0 Å². The maximum Gasteiger partial charge on any atom is 0.150 e. The molecule has 0 unspecified atom stereocenters. The van der Waals surface area contributed by atoms with Gasteiger partial charge in [0, 0.05) is 19.2 Å². The second kappa shape index (κ2) is 5.13. The van der Waals surface area contributed by atoms with E-state index in [0.717, 1.165) is 18.0 Å². The molecule has 1 aromatic heterocycles. The zero-order valence-electron chi connectivity index (χ0n) is 6.72. The highest BCUT2D eigenvalue weighted by Crippen LogP contribution is 2.05. The normalized spacial score (nSPS) is 10.5. The van der Waals surface area contributed by atoms with Crippen LogP contribution in [0.1, 0.15) is 11.5 Å². The van der Waals surface area contributed by atoms with Crippen molar-refractivity contribution < 1.29 is 4.52 Å². The molecule has 3 N–H and O–H groups in total. The van der Waals surface area contributed by atoms with Crippen LogP contribution in [0.25, 0.3) is 0 Å². The molecule has 4 nitrogen and oxygen atoms in total. The Labute approximate surface area is 76.0 Å². The zero-order valence-corrected chi connectivity index (χ0v) is 7.47. The summed E-state index contributed by atoms with van der Waals surface area (Å²) in [6.45, 7) is 2.05. The molecule has 5 heteroatoms. The smallest absolute Gasteiger partial charge is 0.150 e. The van der Waals surface area contributed by atoms with Crippen molar-refractivity contribution in [3.05, 3.63) is 17.5 Å². The summed E-state index contributed by atoms with van der Waals surface area (Å²) in [6, 6.07) is 1.83. The zero-order chi connectivity index (χ0) is 8.81. The lowest BCUT2D eigenvalue weighted by atomic mass is 10.4. The lowest BCUT2D eigenvalue weighted by Crippen LogP contribution is -2.21. The quantitative estimate of drug-likeness (QED) is 0.522. The summed E-state index contributed by atoms with van der Waals surface area (Å²) in [5.74, 6) is 1.18. The monoisotopic (exact) mass is 189 g/mol. The Hall–Kier alpha value is -0.580. The number of nitrogens with two attached hydrogens (primary N) is 1. The Morgan fingerprint density at radius 1 is 1.67 bits per heavy atom. The number of hydrogen-bond donors (Lipinski definition) is 2. The van der Waals surface area contributed by atoms with Crippen LogP contribution < -0.4 is 11.1 Å². The molecule has 0 aliphatic carbocycles. The van der Waals surface area contributed by atoms with Crippen LogP contribution in [0.5, 0.6) is 0 Å². The number of nitrogens with one attached hydrogen (secondary N) is 1. The molecule has 12 heavy (non-hydrogen) atoms. The van der Waals surface area contributed by atoms with E-state index in [9.17, 15) is 0 Å². The predicted octanol–water partition coefficient (Wildman–Crippen LogP) is 0.462. The second-order valence-electron chi connectivity index (χ2n) is 2.38. The number of rotatable bonds is 5. The van der Waals surface area contributed by atoms with Crippen molar-refractivity contribution in [2.24, 2.45) is 5.73 Å². The summed E-state index contributed by atoms with van der Waals surface area (Å²) in [7, 11) is 0. The van der Waals surface area contributed by atoms with Gasteiger partial charge in [-0.3, -0.25) is 0 Å². The third-order valence-corrected chi connectivity index (χ3v) is 1.64. The molecule has 0 radical (unpaired) electrons. The molecule has 68 valence electrons. The van der Waals surface area contributed by atoms with Crippen molar-refractivity contribution in [2.75, 3.05) is 13.1 Å². The third-order valence-electron chi connectivity index (χ3n) is 1.37. The molecule has 0 saturated heterocycles. The summed E-state index contributed by atoms with van der Waals surface area (Å²) in [4.78, 5) is 0. The maximum absolute atomic E-state index is 5.54. The van der Waals surface area contributed by atoms with Crippen LogP contribution in [0.2, 0.25) is 0 Å². The van der Waals surface area contributed by atoms with Gasteiger partial charge in [-0.1, -0.05) is 5.16 Å². The summed E-state index contributed by atoms with van der Waals surface area (Å²) < 4.78 is 4.96. The van der Waals surface area contributed by atoms with Crippen molar-refractivity contribution >= 4 is 11.6 Å². The van der Waals surface area contributed by atoms with E-state index in [0.29, 0.717) is 19.0 Å². The van der Waals surface area contributed by atoms with Crippen LogP contribution in [0.15, 0.2) is 10.6 Å². The standard InChI is InChI=1S/C7H12ClN3O/c8-4-6-3-7(12-11-6)5-10-2-1-9/h3,10H,1-2,4-5,9H2. The van der Waals surface area contributed by atoms with E-state index in [4.69, 9.17) is 21.9 Å². The van der Waals surface area contributed by atoms with Crippen molar-refractivity contribution in [3.8, 4) is 0 Å². The first-order valence-electron chi connectivity index (χ1n) is 3.78. The highest BCUT2D eigenvalue weighted by Gasteiger charge is 2.01. The van der Waals surface area contributed by atoms with Crippen LogP contribution >= 0.6 is 11.6 Å².